The van der Waals surface area contributed by atoms with E-state index in [1.165, 1.54) is 27.8 Å². The third kappa shape index (κ3) is 4.69. The van der Waals surface area contributed by atoms with Gasteiger partial charge in [-0.2, -0.15) is 0 Å². The predicted octanol–water partition coefficient (Wildman–Crippen LogP) is 6.86. The number of anilines is 2. The van der Waals surface area contributed by atoms with Crippen molar-refractivity contribution in [3.05, 3.63) is 118 Å². The second-order valence-electron chi connectivity index (χ2n) is 9.37. The number of rotatable bonds is 6. The summed E-state index contributed by atoms with van der Waals surface area (Å²) in [6, 6.07) is 27.1. The number of fused-ring (bicyclic) bond motifs is 2. The first-order chi connectivity index (χ1) is 18.8. The second-order valence-corrected chi connectivity index (χ2v) is 12.7. The number of hydrogen-bond donors (Lipinski definition) is 0. The van der Waals surface area contributed by atoms with Crippen LogP contribution in [0.15, 0.2) is 95.9 Å². The van der Waals surface area contributed by atoms with E-state index in [4.69, 9.17) is 16.6 Å². The fourth-order valence-corrected chi connectivity index (χ4v) is 7.49. The number of carbonyl (C=O) groups excluding carboxylic acids is 1. The highest BCUT2D eigenvalue weighted by molar-refractivity contribution is 7.92. The van der Waals surface area contributed by atoms with Gasteiger partial charge in [0, 0.05) is 17.1 Å². The lowest BCUT2D eigenvalue weighted by atomic mass is 10.1. The summed E-state index contributed by atoms with van der Waals surface area (Å²) in [5, 5.41) is 1.17. The van der Waals surface area contributed by atoms with Crippen molar-refractivity contribution < 1.29 is 13.2 Å². The number of aryl methyl sites for hydroxylation is 1. The van der Waals surface area contributed by atoms with Crippen LogP contribution in [0, 0.1) is 6.92 Å². The van der Waals surface area contributed by atoms with E-state index in [2.05, 4.69) is 0 Å². The molecule has 0 radical (unpaired) electrons. The third-order valence-corrected chi connectivity index (χ3v) is 10.2. The van der Waals surface area contributed by atoms with Crippen molar-refractivity contribution in [3.63, 3.8) is 0 Å². The van der Waals surface area contributed by atoms with E-state index in [1.54, 1.807) is 17.0 Å². The summed E-state index contributed by atoms with van der Waals surface area (Å²) in [4.78, 5) is 20.4. The van der Waals surface area contributed by atoms with E-state index >= 15 is 0 Å². The average Bonchev–Trinajstić information content (AvgIpc) is 3.60. The minimum atomic E-state index is -3.76. The molecule has 0 aliphatic carbocycles. The number of aromatic nitrogens is 1. The Balaban J connectivity index is 1.34. The molecule has 0 atom stereocenters. The summed E-state index contributed by atoms with van der Waals surface area (Å²) in [6.45, 7) is 2.63. The molecule has 0 N–H and O–H groups in total. The molecule has 6 rings (SSSR count). The summed E-state index contributed by atoms with van der Waals surface area (Å²) in [5.74, 6) is -0.267. The van der Waals surface area contributed by atoms with Crippen LogP contribution in [0.5, 0.6) is 0 Å². The quantitative estimate of drug-likeness (QED) is 0.222. The first-order valence-electron chi connectivity index (χ1n) is 12.4. The summed E-state index contributed by atoms with van der Waals surface area (Å²) < 4.78 is 29.3. The fourth-order valence-electron chi connectivity index (χ4n) is 4.81. The van der Waals surface area contributed by atoms with Crippen molar-refractivity contribution in [1.29, 1.82) is 0 Å². The second kappa shape index (κ2) is 10.1. The molecule has 39 heavy (non-hydrogen) atoms. The lowest BCUT2D eigenvalue weighted by Gasteiger charge is -2.21. The van der Waals surface area contributed by atoms with Crippen LogP contribution in [-0.4, -0.2) is 25.9 Å². The number of amides is 1. The molecule has 0 saturated carbocycles. The van der Waals surface area contributed by atoms with Crippen molar-refractivity contribution in [1.82, 2.24) is 4.98 Å². The topological polar surface area (TPSA) is 70.6 Å². The molecule has 2 heterocycles. The zero-order valence-electron chi connectivity index (χ0n) is 21.0. The van der Waals surface area contributed by atoms with Gasteiger partial charge in [0.2, 0.25) is 0 Å². The van der Waals surface area contributed by atoms with Gasteiger partial charge in [-0.25, -0.2) is 13.4 Å². The average molecular weight is 574 g/mol. The number of sulfonamides is 1. The van der Waals surface area contributed by atoms with Crippen molar-refractivity contribution in [2.45, 2.75) is 24.8 Å². The molecule has 0 fully saturated rings. The minimum absolute atomic E-state index is 0.149. The van der Waals surface area contributed by atoms with E-state index in [0.29, 0.717) is 40.9 Å². The summed E-state index contributed by atoms with van der Waals surface area (Å²) in [7, 11) is -3.76. The van der Waals surface area contributed by atoms with Gasteiger partial charge in [-0.3, -0.25) is 14.0 Å². The number of halogens is 1. The van der Waals surface area contributed by atoms with Gasteiger partial charge in [0.1, 0.15) is 0 Å². The van der Waals surface area contributed by atoms with Crippen LogP contribution in [0.1, 0.15) is 27.0 Å². The Morgan fingerprint density at radius 1 is 0.974 bits per heavy atom. The molecule has 196 valence electrons. The SMILES string of the molecule is Cc1c(Cl)ccc2sc(N(Cc3ccccc3)C(=O)c3ccc(S(=O)(=O)N4CCc5ccccc54)cc3)nc12. The number of hydrogen-bond acceptors (Lipinski definition) is 5. The molecule has 1 amide bonds. The molecule has 1 aliphatic heterocycles. The number of benzene rings is 4. The highest BCUT2D eigenvalue weighted by Crippen LogP contribution is 2.36. The minimum Gasteiger partial charge on any atom is -0.279 e. The van der Waals surface area contributed by atoms with Gasteiger partial charge in [-0.15, -0.1) is 0 Å². The molecule has 6 nitrogen and oxygen atoms in total. The smallest absolute Gasteiger partial charge is 0.264 e. The zero-order chi connectivity index (χ0) is 27.1. The maximum atomic E-state index is 13.9. The Morgan fingerprint density at radius 2 is 1.69 bits per heavy atom. The molecule has 0 unspecified atom stereocenters. The van der Waals surface area contributed by atoms with Crippen LogP contribution in [0.2, 0.25) is 5.02 Å². The predicted molar refractivity (Wildman–Crippen MR) is 157 cm³/mol. The van der Waals surface area contributed by atoms with Gasteiger partial charge < -0.3 is 0 Å². The van der Waals surface area contributed by atoms with Crippen LogP contribution in [0.25, 0.3) is 10.2 Å². The first-order valence-corrected chi connectivity index (χ1v) is 15.1. The Bertz CT molecular complexity index is 1800. The molecule has 4 aromatic carbocycles. The number of thiazole rings is 1. The Hall–Kier alpha value is -3.72. The van der Waals surface area contributed by atoms with Crippen LogP contribution < -0.4 is 9.21 Å². The van der Waals surface area contributed by atoms with E-state index in [9.17, 15) is 13.2 Å². The van der Waals surface area contributed by atoms with Gasteiger partial charge in [-0.05, 0) is 72.5 Å². The number of nitrogens with zero attached hydrogens (tertiary/aromatic N) is 3. The lowest BCUT2D eigenvalue weighted by Crippen LogP contribution is -2.31. The van der Waals surface area contributed by atoms with Crippen LogP contribution in [0.3, 0.4) is 0 Å². The van der Waals surface area contributed by atoms with Crippen LogP contribution in [0.4, 0.5) is 10.8 Å². The Kier molecular flexibility index (Phi) is 6.62. The molecule has 0 spiro atoms. The monoisotopic (exact) mass is 573 g/mol. The molecular formula is C30H24ClN3O3S2. The van der Waals surface area contributed by atoms with Crippen LogP contribution >= 0.6 is 22.9 Å². The van der Waals surface area contributed by atoms with E-state index < -0.39 is 10.0 Å². The fraction of sp³-hybridized carbons (Fsp3) is 0.133. The van der Waals surface area contributed by atoms with E-state index in [-0.39, 0.29) is 10.8 Å². The van der Waals surface area contributed by atoms with Crippen molar-refractivity contribution in [3.8, 4) is 0 Å². The molecule has 5 aromatic rings. The molecule has 1 aliphatic rings. The maximum Gasteiger partial charge on any atom is 0.264 e. The normalized spacial score (nSPS) is 13.0. The van der Waals surface area contributed by atoms with Crippen molar-refractivity contribution >= 4 is 59.9 Å². The highest BCUT2D eigenvalue weighted by atomic mass is 35.5. The van der Waals surface area contributed by atoms with Gasteiger partial charge in [0.15, 0.2) is 5.13 Å². The summed E-state index contributed by atoms with van der Waals surface area (Å²) >= 11 is 7.74. The van der Waals surface area contributed by atoms with Crippen LogP contribution in [-0.2, 0) is 23.0 Å². The number of para-hydroxylation sites is 1. The largest absolute Gasteiger partial charge is 0.279 e. The maximum absolute atomic E-state index is 13.9. The summed E-state index contributed by atoms with van der Waals surface area (Å²) in [6.07, 6.45) is 0.674. The molecular weight excluding hydrogens is 550 g/mol. The van der Waals surface area contributed by atoms with Gasteiger partial charge in [-0.1, -0.05) is 71.5 Å². The molecule has 0 bridgehead atoms. The Morgan fingerprint density at radius 3 is 2.46 bits per heavy atom. The standard InChI is InChI=1S/C30H24ClN3O3S2/c1-20-25(31)15-16-27-28(20)32-30(38-27)33(19-21-7-3-2-4-8-21)29(35)23-11-13-24(14-12-23)39(36,37)34-18-17-22-9-5-6-10-26(22)34/h2-16H,17-19H2,1H3. The van der Waals surface area contributed by atoms with Gasteiger partial charge in [0.25, 0.3) is 15.9 Å². The van der Waals surface area contributed by atoms with Gasteiger partial charge >= 0.3 is 0 Å². The third-order valence-electron chi connectivity index (χ3n) is 6.93. The molecule has 0 saturated heterocycles. The summed E-state index contributed by atoms with van der Waals surface area (Å²) in [5.41, 5.74) is 4.67. The van der Waals surface area contributed by atoms with E-state index in [1.807, 2.05) is 73.7 Å². The van der Waals surface area contributed by atoms with E-state index in [0.717, 1.165) is 26.9 Å². The van der Waals surface area contributed by atoms with Gasteiger partial charge in [0.05, 0.1) is 27.3 Å². The highest BCUT2D eigenvalue weighted by Gasteiger charge is 2.31. The zero-order valence-corrected chi connectivity index (χ0v) is 23.4. The number of carbonyl (C=O) groups is 1. The molecule has 9 heteroatoms. The molecule has 1 aromatic heterocycles. The van der Waals surface area contributed by atoms with Crippen molar-refractivity contribution in [2.75, 3.05) is 15.7 Å². The Labute approximate surface area is 236 Å². The van der Waals surface area contributed by atoms with Crippen molar-refractivity contribution in [2.24, 2.45) is 0 Å². The lowest BCUT2D eigenvalue weighted by molar-refractivity contribution is 0.0985. The first kappa shape index (κ1) is 25.6.